The number of rotatable bonds is 7. The summed E-state index contributed by atoms with van der Waals surface area (Å²) in [6.07, 6.45) is 8.53. The molecule has 0 spiro atoms. The smallest absolute Gasteiger partial charge is 0.305 e. The topological polar surface area (TPSA) is 56.3 Å². The summed E-state index contributed by atoms with van der Waals surface area (Å²) in [7, 11) is 1.39. The zero-order chi connectivity index (χ0) is 16.7. The van der Waals surface area contributed by atoms with E-state index in [0.29, 0.717) is 19.3 Å². The first kappa shape index (κ1) is 17.7. The van der Waals surface area contributed by atoms with Gasteiger partial charge >= 0.3 is 5.97 Å². The van der Waals surface area contributed by atoms with Crippen LogP contribution in [-0.2, 0) is 14.3 Å². The van der Waals surface area contributed by atoms with E-state index in [1.54, 1.807) is 6.20 Å². The van der Waals surface area contributed by atoms with Crippen LogP contribution < -0.4 is 0 Å². The van der Waals surface area contributed by atoms with E-state index < -0.39 is 0 Å². The second-order valence-corrected chi connectivity index (χ2v) is 6.90. The molecule has 0 aromatic carbocycles. The fourth-order valence-corrected chi connectivity index (χ4v) is 4.14. The van der Waals surface area contributed by atoms with Gasteiger partial charge in [-0.05, 0) is 37.3 Å². The Morgan fingerprint density at radius 2 is 2.26 bits per heavy atom. The van der Waals surface area contributed by atoms with Crippen LogP contribution in [0.15, 0.2) is 41.6 Å². The molecule has 1 saturated carbocycles. The largest absolute Gasteiger partial charge is 0.469 e. The minimum absolute atomic E-state index is 0.0534. The summed E-state index contributed by atoms with van der Waals surface area (Å²) in [5.74, 6) is -0.0538. The molecule has 23 heavy (non-hydrogen) atoms. The standard InChI is InChI=1S/C18H23NO3S/c1-3-4-5-8-14-13(12-17(20)22-2)11-15(18(14)21)23-16-9-6-7-10-19-16/h4-7,9-10,13-15H,3,8,11-12H2,1-2H3. The zero-order valence-electron chi connectivity index (χ0n) is 13.6. The summed E-state index contributed by atoms with van der Waals surface area (Å²) in [4.78, 5) is 28.7. The third-order valence-electron chi connectivity index (χ3n) is 4.12. The monoisotopic (exact) mass is 333 g/mol. The Balaban J connectivity index is 2.08. The van der Waals surface area contributed by atoms with Crippen LogP contribution in [0.1, 0.15) is 32.6 Å². The maximum atomic E-state index is 12.7. The van der Waals surface area contributed by atoms with Gasteiger partial charge in [-0.3, -0.25) is 9.59 Å². The van der Waals surface area contributed by atoms with Crippen LogP contribution in [0.4, 0.5) is 0 Å². The lowest BCUT2D eigenvalue weighted by Gasteiger charge is -2.15. The molecule has 0 aliphatic heterocycles. The number of nitrogens with zero attached hydrogens (tertiary/aromatic N) is 1. The summed E-state index contributed by atoms with van der Waals surface area (Å²) >= 11 is 1.50. The van der Waals surface area contributed by atoms with E-state index in [9.17, 15) is 9.59 Å². The molecule has 0 N–H and O–H groups in total. The Morgan fingerprint density at radius 1 is 1.43 bits per heavy atom. The highest BCUT2D eigenvalue weighted by Gasteiger charge is 2.42. The van der Waals surface area contributed by atoms with Crippen molar-refractivity contribution in [1.29, 1.82) is 0 Å². The predicted octanol–water partition coefficient (Wildman–Crippen LogP) is 3.67. The van der Waals surface area contributed by atoms with Crippen LogP contribution in [0.2, 0.25) is 0 Å². The number of thioether (sulfide) groups is 1. The van der Waals surface area contributed by atoms with Crippen LogP contribution in [0.25, 0.3) is 0 Å². The van der Waals surface area contributed by atoms with Crippen LogP contribution in [-0.4, -0.2) is 29.1 Å². The Hall–Kier alpha value is -1.62. The Morgan fingerprint density at radius 3 is 2.91 bits per heavy atom. The lowest BCUT2D eigenvalue weighted by Crippen LogP contribution is -2.19. The summed E-state index contributed by atoms with van der Waals surface area (Å²) < 4.78 is 4.79. The molecule has 1 heterocycles. The van der Waals surface area contributed by atoms with Crippen molar-refractivity contribution >= 4 is 23.5 Å². The Kier molecular flexibility index (Phi) is 6.84. The van der Waals surface area contributed by atoms with Gasteiger partial charge in [-0.25, -0.2) is 4.98 Å². The van der Waals surface area contributed by atoms with E-state index in [2.05, 4.69) is 24.1 Å². The summed E-state index contributed by atoms with van der Waals surface area (Å²) in [5, 5.41) is 0.729. The number of ether oxygens (including phenoxy) is 1. The molecule has 0 bridgehead atoms. The van der Waals surface area contributed by atoms with Gasteiger partial charge < -0.3 is 4.74 Å². The highest BCUT2D eigenvalue weighted by atomic mass is 32.2. The molecule has 1 aliphatic carbocycles. The van der Waals surface area contributed by atoms with Crippen LogP contribution in [0.5, 0.6) is 0 Å². The molecule has 1 aliphatic rings. The SMILES string of the molecule is CCC=CCC1C(=O)C(Sc2ccccn2)CC1CC(=O)OC. The van der Waals surface area contributed by atoms with Gasteiger partial charge in [-0.15, -0.1) is 0 Å². The minimum Gasteiger partial charge on any atom is -0.469 e. The fourth-order valence-electron chi connectivity index (χ4n) is 2.94. The molecular weight excluding hydrogens is 310 g/mol. The molecule has 5 heteroatoms. The van der Waals surface area contributed by atoms with Gasteiger partial charge in [0.1, 0.15) is 5.78 Å². The fraction of sp³-hybridized carbons (Fsp3) is 0.500. The van der Waals surface area contributed by atoms with Crippen LogP contribution >= 0.6 is 11.8 Å². The highest BCUT2D eigenvalue weighted by Crippen LogP contribution is 2.41. The molecule has 0 amide bonds. The van der Waals surface area contributed by atoms with Crippen molar-refractivity contribution in [1.82, 2.24) is 4.98 Å². The van der Waals surface area contributed by atoms with Gasteiger partial charge in [0.05, 0.1) is 17.4 Å². The van der Waals surface area contributed by atoms with E-state index in [0.717, 1.165) is 11.4 Å². The summed E-state index contributed by atoms with van der Waals surface area (Å²) in [5.41, 5.74) is 0. The van der Waals surface area contributed by atoms with Crippen molar-refractivity contribution in [2.45, 2.75) is 42.9 Å². The van der Waals surface area contributed by atoms with E-state index in [-0.39, 0.29) is 28.8 Å². The first-order valence-corrected chi connectivity index (χ1v) is 8.86. The Labute approximate surface area is 141 Å². The average molecular weight is 333 g/mol. The van der Waals surface area contributed by atoms with E-state index in [1.807, 2.05) is 18.2 Å². The average Bonchev–Trinajstić information content (AvgIpc) is 2.84. The number of Topliss-reactive ketones (excluding diaryl/α,β-unsaturated/α-hetero) is 1. The first-order chi connectivity index (χ1) is 11.2. The third kappa shape index (κ3) is 4.93. The first-order valence-electron chi connectivity index (χ1n) is 7.99. The van der Waals surface area contributed by atoms with Gasteiger partial charge in [0.15, 0.2) is 0 Å². The molecular formula is C18H23NO3S. The molecule has 1 fully saturated rings. The van der Waals surface area contributed by atoms with E-state index >= 15 is 0 Å². The molecule has 3 atom stereocenters. The normalized spacial score (nSPS) is 24.3. The number of pyridine rings is 1. The number of allylic oxidation sites excluding steroid dienone is 2. The maximum Gasteiger partial charge on any atom is 0.305 e. The summed E-state index contributed by atoms with van der Waals surface area (Å²) in [6, 6.07) is 5.69. The van der Waals surface area contributed by atoms with Gasteiger partial charge in [0, 0.05) is 18.5 Å². The summed E-state index contributed by atoms with van der Waals surface area (Å²) in [6.45, 7) is 2.07. The number of hydrogen-bond acceptors (Lipinski definition) is 5. The number of hydrogen-bond donors (Lipinski definition) is 0. The number of ketones is 1. The van der Waals surface area contributed by atoms with Crippen molar-refractivity contribution in [3.8, 4) is 0 Å². The molecule has 0 radical (unpaired) electrons. The Bertz CT molecular complexity index is 559. The van der Waals surface area contributed by atoms with Crippen LogP contribution in [0, 0.1) is 11.8 Å². The lowest BCUT2D eigenvalue weighted by atomic mass is 9.89. The molecule has 124 valence electrons. The number of aromatic nitrogens is 1. The van der Waals surface area contributed by atoms with Crippen LogP contribution in [0.3, 0.4) is 0 Å². The highest BCUT2D eigenvalue weighted by molar-refractivity contribution is 8.00. The number of carbonyl (C=O) groups is 2. The van der Waals surface area contributed by atoms with Crippen molar-refractivity contribution < 1.29 is 14.3 Å². The second-order valence-electron chi connectivity index (χ2n) is 5.67. The minimum atomic E-state index is -0.240. The van der Waals surface area contributed by atoms with Gasteiger partial charge in [0.25, 0.3) is 0 Å². The molecule has 3 unspecified atom stereocenters. The number of carbonyl (C=O) groups excluding carboxylic acids is 2. The molecule has 2 rings (SSSR count). The van der Waals surface area contributed by atoms with Gasteiger partial charge in [0.2, 0.25) is 0 Å². The molecule has 1 aromatic heterocycles. The molecule has 4 nitrogen and oxygen atoms in total. The number of methoxy groups -OCH3 is 1. The van der Waals surface area contributed by atoms with Gasteiger partial charge in [-0.2, -0.15) is 0 Å². The maximum absolute atomic E-state index is 12.7. The van der Waals surface area contributed by atoms with E-state index in [4.69, 9.17) is 4.74 Å². The lowest BCUT2D eigenvalue weighted by molar-refractivity contribution is -0.142. The second kappa shape index (κ2) is 8.87. The van der Waals surface area contributed by atoms with Crippen molar-refractivity contribution in [2.75, 3.05) is 7.11 Å². The van der Waals surface area contributed by atoms with Crippen molar-refractivity contribution in [3.63, 3.8) is 0 Å². The molecule has 0 saturated heterocycles. The predicted molar refractivity (Wildman–Crippen MR) is 91.2 cm³/mol. The number of esters is 1. The van der Waals surface area contributed by atoms with Crippen molar-refractivity contribution in [2.24, 2.45) is 11.8 Å². The quantitative estimate of drug-likeness (QED) is 0.563. The zero-order valence-corrected chi connectivity index (χ0v) is 14.4. The van der Waals surface area contributed by atoms with Gasteiger partial charge in [-0.1, -0.05) is 36.9 Å². The van der Waals surface area contributed by atoms with E-state index in [1.165, 1.54) is 18.9 Å². The molecule has 1 aromatic rings. The third-order valence-corrected chi connectivity index (χ3v) is 5.31. The van der Waals surface area contributed by atoms with Crippen molar-refractivity contribution in [3.05, 3.63) is 36.5 Å².